The molecule has 0 fully saturated rings. The van der Waals surface area contributed by atoms with Crippen LogP contribution in [0, 0.1) is 6.92 Å². The molecule has 0 saturated carbocycles. The quantitative estimate of drug-likeness (QED) is 0.538. The largest absolute Gasteiger partial charge is 0.493 e. The summed E-state index contributed by atoms with van der Waals surface area (Å²) in [5.74, 6) is 0.147. The molecule has 2 N–H and O–H groups in total. The number of ether oxygens (including phenoxy) is 2. The summed E-state index contributed by atoms with van der Waals surface area (Å²) in [7, 11) is 3.03. The van der Waals surface area contributed by atoms with Crippen LogP contribution < -0.4 is 20.1 Å². The van der Waals surface area contributed by atoms with Crippen LogP contribution in [0.4, 0.5) is 11.4 Å². The average molecular weight is 385 g/mol. The molecule has 1 unspecified atom stereocenters. The maximum absolute atomic E-state index is 12.2. The number of methoxy groups -OCH3 is 2. The van der Waals surface area contributed by atoms with Gasteiger partial charge in [-0.15, -0.1) is 0 Å². The van der Waals surface area contributed by atoms with Gasteiger partial charge in [-0.05, 0) is 38.1 Å². The topological polar surface area (TPSA) is 98.3 Å². The third kappa shape index (κ3) is 6.01. The summed E-state index contributed by atoms with van der Waals surface area (Å²) in [4.78, 5) is 29.0. The normalized spacial score (nSPS) is 11.6. The Hall–Kier alpha value is -3.55. The first-order valence-corrected chi connectivity index (χ1v) is 8.52. The van der Waals surface area contributed by atoms with Gasteiger partial charge < -0.3 is 24.9 Å². The van der Waals surface area contributed by atoms with E-state index in [1.165, 1.54) is 21.1 Å². The van der Waals surface area contributed by atoms with E-state index in [-0.39, 0.29) is 0 Å². The van der Waals surface area contributed by atoms with E-state index in [1.807, 2.05) is 19.1 Å². The molecule has 1 atom stereocenters. The van der Waals surface area contributed by atoms with Gasteiger partial charge in [-0.25, -0.2) is 0 Å². The van der Waals surface area contributed by atoms with Crippen molar-refractivity contribution in [2.45, 2.75) is 20.0 Å². The van der Waals surface area contributed by atoms with Crippen molar-refractivity contribution in [1.29, 1.82) is 0 Å². The summed E-state index contributed by atoms with van der Waals surface area (Å²) in [5, 5.41) is 8.88. The van der Waals surface area contributed by atoms with E-state index in [0.29, 0.717) is 22.9 Å². The number of anilines is 2. The van der Waals surface area contributed by atoms with E-state index in [2.05, 4.69) is 15.8 Å². The number of oxime groups is 1. The lowest BCUT2D eigenvalue weighted by Crippen LogP contribution is -2.26. The van der Waals surface area contributed by atoms with Crippen molar-refractivity contribution in [1.82, 2.24) is 0 Å². The SMILES string of the molecule is COc1ccc(NC(=O)C(C)ON=CC(=O)Nc2ccc(C)cc2)cc1OC. The Labute approximate surface area is 163 Å². The maximum Gasteiger partial charge on any atom is 0.270 e. The van der Waals surface area contributed by atoms with Crippen molar-refractivity contribution in [3.63, 3.8) is 0 Å². The number of hydrogen-bond acceptors (Lipinski definition) is 6. The first kappa shape index (κ1) is 20.8. The Balaban J connectivity index is 1.85. The van der Waals surface area contributed by atoms with Crippen molar-refractivity contribution in [2.24, 2.45) is 5.16 Å². The summed E-state index contributed by atoms with van der Waals surface area (Å²) in [5.41, 5.74) is 2.24. The molecule has 8 heteroatoms. The predicted molar refractivity (Wildman–Crippen MR) is 107 cm³/mol. The number of carbonyl (C=O) groups excluding carboxylic acids is 2. The molecule has 0 bridgehead atoms. The number of carbonyl (C=O) groups is 2. The number of hydrogen-bond donors (Lipinski definition) is 2. The van der Waals surface area contributed by atoms with E-state index < -0.39 is 17.9 Å². The Morgan fingerprint density at radius 2 is 1.61 bits per heavy atom. The monoisotopic (exact) mass is 385 g/mol. The smallest absolute Gasteiger partial charge is 0.270 e. The zero-order valence-corrected chi connectivity index (χ0v) is 16.2. The van der Waals surface area contributed by atoms with Crippen LogP contribution in [0.25, 0.3) is 0 Å². The second-order valence-corrected chi connectivity index (χ2v) is 5.90. The standard InChI is InChI=1S/C20H23N3O5/c1-13-5-7-15(8-6-13)22-19(24)12-21-28-14(2)20(25)23-16-9-10-17(26-3)18(11-16)27-4/h5-12,14H,1-4H3,(H,22,24)(H,23,25). The van der Waals surface area contributed by atoms with Crippen LogP contribution in [0.1, 0.15) is 12.5 Å². The van der Waals surface area contributed by atoms with Gasteiger partial charge in [-0.2, -0.15) is 0 Å². The van der Waals surface area contributed by atoms with E-state index in [4.69, 9.17) is 14.3 Å². The lowest BCUT2D eigenvalue weighted by molar-refractivity contribution is -0.126. The number of nitrogens with zero attached hydrogens (tertiary/aromatic N) is 1. The van der Waals surface area contributed by atoms with Crippen molar-refractivity contribution in [3.8, 4) is 11.5 Å². The van der Waals surface area contributed by atoms with E-state index in [0.717, 1.165) is 11.8 Å². The second kappa shape index (κ2) is 9.96. The Kier molecular flexibility index (Phi) is 7.38. The molecular weight excluding hydrogens is 362 g/mol. The molecule has 0 saturated heterocycles. The summed E-state index contributed by atoms with van der Waals surface area (Å²) < 4.78 is 10.3. The zero-order chi connectivity index (χ0) is 20.5. The molecule has 0 aliphatic rings. The minimum absolute atomic E-state index is 0.427. The summed E-state index contributed by atoms with van der Waals surface area (Å²) in [6, 6.07) is 12.3. The highest BCUT2D eigenvalue weighted by atomic mass is 16.6. The average Bonchev–Trinajstić information content (AvgIpc) is 2.69. The molecule has 0 aliphatic carbocycles. The summed E-state index contributed by atoms with van der Waals surface area (Å²) >= 11 is 0. The van der Waals surface area contributed by atoms with Crippen LogP contribution in [0.3, 0.4) is 0 Å². The van der Waals surface area contributed by atoms with Gasteiger partial charge >= 0.3 is 0 Å². The number of aryl methyl sites for hydroxylation is 1. The van der Waals surface area contributed by atoms with Crippen molar-refractivity contribution >= 4 is 29.4 Å². The molecule has 148 valence electrons. The molecule has 2 aromatic rings. The molecule has 28 heavy (non-hydrogen) atoms. The minimum atomic E-state index is -0.906. The van der Waals surface area contributed by atoms with Crippen molar-refractivity contribution in [3.05, 3.63) is 48.0 Å². The van der Waals surface area contributed by atoms with Crippen LogP contribution in [0.5, 0.6) is 11.5 Å². The van der Waals surface area contributed by atoms with Gasteiger partial charge in [0.25, 0.3) is 11.8 Å². The lowest BCUT2D eigenvalue weighted by Gasteiger charge is -2.13. The molecule has 0 aliphatic heterocycles. The van der Waals surface area contributed by atoms with Crippen LogP contribution in [0.2, 0.25) is 0 Å². The highest BCUT2D eigenvalue weighted by molar-refractivity contribution is 6.31. The first-order chi connectivity index (χ1) is 13.4. The van der Waals surface area contributed by atoms with Crippen LogP contribution in [-0.4, -0.2) is 38.4 Å². The number of benzene rings is 2. The molecule has 0 aromatic heterocycles. The lowest BCUT2D eigenvalue weighted by atomic mass is 10.2. The third-order valence-corrected chi connectivity index (χ3v) is 3.73. The van der Waals surface area contributed by atoms with Crippen molar-refractivity contribution < 1.29 is 23.9 Å². The third-order valence-electron chi connectivity index (χ3n) is 3.73. The van der Waals surface area contributed by atoms with E-state index in [9.17, 15) is 9.59 Å². The van der Waals surface area contributed by atoms with Crippen LogP contribution in [0.15, 0.2) is 47.6 Å². The minimum Gasteiger partial charge on any atom is -0.493 e. The van der Waals surface area contributed by atoms with E-state index in [1.54, 1.807) is 30.3 Å². The Morgan fingerprint density at radius 1 is 0.964 bits per heavy atom. The predicted octanol–water partition coefficient (Wildman–Crippen LogP) is 2.98. The molecule has 0 spiro atoms. The van der Waals surface area contributed by atoms with Gasteiger partial charge in [0.2, 0.25) is 6.10 Å². The molecule has 2 amide bonds. The van der Waals surface area contributed by atoms with Gasteiger partial charge in [0.15, 0.2) is 11.5 Å². The number of rotatable bonds is 8. The molecule has 0 heterocycles. The molecule has 0 radical (unpaired) electrons. The summed E-state index contributed by atoms with van der Waals surface area (Å²) in [6.07, 6.45) is 0.0663. The zero-order valence-electron chi connectivity index (χ0n) is 16.2. The molecular formula is C20H23N3O5. The fourth-order valence-electron chi connectivity index (χ4n) is 2.19. The molecule has 2 rings (SSSR count). The number of amides is 2. The summed E-state index contributed by atoms with van der Waals surface area (Å²) in [6.45, 7) is 3.47. The van der Waals surface area contributed by atoms with Crippen LogP contribution in [-0.2, 0) is 14.4 Å². The maximum atomic E-state index is 12.2. The van der Waals surface area contributed by atoms with Gasteiger partial charge in [0.05, 0.1) is 14.2 Å². The van der Waals surface area contributed by atoms with Gasteiger partial charge in [-0.3, -0.25) is 9.59 Å². The molecule has 8 nitrogen and oxygen atoms in total. The highest BCUT2D eigenvalue weighted by Crippen LogP contribution is 2.29. The number of nitrogens with one attached hydrogen (secondary N) is 2. The van der Waals surface area contributed by atoms with E-state index >= 15 is 0 Å². The fraction of sp³-hybridized carbons (Fsp3) is 0.250. The van der Waals surface area contributed by atoms with Gasteiger partial charge in [0.1, 0.15) is 6.21 Å². The fourth-order valence-corrected chi connectivity index (χ4v) is 2.19. The highest BCUT2D eigenvalue weighted by Gasteiger charge is 2.15. The van der Waals surface area contributed by atoms with Crippen molar-refractivity contribution in [2.75, 3.05) is 24.9 Å². The van der Waals surface area contributed by atoms with Crippen LogP contribution >= 0.6 is 0 Å². The Bertz CT molecular complexity index is 849. The first-order valence-electron chi connectivity index (χ1n) is 8.52. The molecule has 2 aromatic carbocycles. The Morgan fingerprint density at radius 3 is 2.25 bits per heavy atom. The van der Waals surface area contributed by atoms with Gasteiger partial charge in [0, 0.05) is 17.4 Å². The van der Waals surface area contributed by atoms with Gasteiger partial charge in [-0.1, -0.05) is 22.9 Å². The second-order valence-electron chi connectivity index (χ2n) is 5.90.